The summed E-state index contributed by atoms with van der Waals surface area (Å²) in [5.74, 6) is -4.06. The van der Waals surface area contributed by atoms with Crippen LogP contribution in [0.15, 0.2) is 121 Å². The lowest BCUT2D eigenvalue weighted by Gasteiger charge is -2.23. The van der Waals surface area contributed by atoms with Gasteiger partial charge in [-0.3, -0.25) is 14.4 Å². The molecule has 17 heteroatoms. The van der Waals surface area contributed by atoms with Gasteiger partial charge in [0.1, 0.15) is 56.7 Å². The molecule has 340 valence electrons. The van der Waals surface area contributed by atoms with Gasteiger partial charge in [0, 0.05) is 17.9 Å². The number of nitrogens with one attached hydrogen (secondary N) is 4. The predicted octanol–water partition coefficient (Wildman–Crippen LogP) is 5.52. The number of esters is 3. The molecule has 0 fully saturated rings. The van der Waals surface area contributed by atoms with E-state index in [2.05, 4.69) is 21.3 Å². The van der Waals surface area contributed by atoms with E-state index in [9.17, 15) is 33.6 Å². The number of rotatable bonds is 23. The molecule has 0 aromatic heterocycles. The van der Waals surface area contributed by atoms with Crippen LogP contribution in [0.5, 0.6) is 0 Å². The zero-order valence-corrected chi connectivity index (χ0v) is 36.8. The molecular formula is C47H54N4O12S. The van der Waals surface area contributed by atoms with E-state index in [1.165, 1.54) is 0 Å². The Morgan fingerprint density at radius 2 is 0.938 bits per heavy atom. The fraction of sp³-hybridized carbons (Fsp3) is 0.340. The Balaban J connectivity index is 1.44. The van der Waals surface area contributed by atoms with E-state index in [0.717, 1.165) is 22.9 Å². The van der Waals surface area contributed by atoms with E-state index < -0.39 is 72.2 Å². The van der Waals surface area contributed by atoms with Crippen LogP contribution in [-0.2, 0) is 74.1 Å². The summed E-state index contributed by atoms with van der Waals surface area (Å²) in [5.41, 5.74) is 1.98. The van der Waals surface area contributed by atoms with Crippen molar-refractivity contribution in [1.82, 2.24) is 21.3 Å². The van der Waals surface area contributed by atoms with E-state index in [1.807, 2.05) is 18.2 Å². The maximum absolute atomic E-state index is 13.6. The standard InChI is InChI=1S/C47H54N4O12S/c1-47(2,3)63-46(58)50-37(43(55)60-28-34-18-10-5-11-19-34)24-25-40(52)49-38(42(54)48-26-41(53)59-27-33-16-8-4-9-17-33)31-64-32-39(44(56)61-29-35-20-12-6-13-21-35)51-45(57)62-30-36-22-14-7-15-23-36/h4-23,37-39H,24-32H2,1-3H3,(H,48,54)(H,49,52)(H,50,58)(H,51,57)/t37-,38-,39+/m1/s1. The molecule has 0 saturated heterocycles. The normalized spacial score (nSPS) is 12.2. The van der Waals surface area contributed by atoms with E-state index >= 15 is 0 Å². The molecule has 4 aromatic rings. The Kier molecular flexibility index (Phi) is 20.7. The highest BCUT2D eigenvalue weighted by Gasteiger charge is 2.29. The van der Waals surface area contributed by atoms with Crippen molar-refractivity contribution in [3.8, 4) is 0 Å². The minimum absolute atomic E-state index is 0.0274. The van der Waals surface area contributed by atoms with Gasteiger partial charge in [-0.25, -0.2) is 19.2 Å². The van der Waals surface area contributed by atoms with Gasteiger partial charge in [-0.2, -0.15) is 11.8 Å². The van der Waals surface area contributed by atoms with Crippen molar-refractivity contribution in [1.29, 1.82) is 0 Å². The lowest BCUT2D eigenvalue weighted by molar-refractivity contribution is -0.148. The fourth-order valence-electron chi connectivity index (χ4n) is 5.53. The molecule has 16 nitrogen and oxygen atoms in total. The first-order valence-electron chi connectivity index (χ1n) is 20.5. The molecule has 4 rings (SSSR count). The number of hydrogen-bond acceptors (Lipinski definition) is 13. The Labute approximate surface area is 376 Å². The number of hydrogen-bond donors (Lipinski definition) is 4. The number of benzene rings is 4. The second-order valence-electron chi connectivity index (χ2n) is 15.2. The maximum Gasteiger partial charge on any atom is 0.408 e. The zero-order valence-electron chi connectivity index (χ0n) is 36.0. The van der Waals surface area contributed by atoms with Gasteiger partial charge in [0.05, 0.1) is 0 Å². The molecular weight excluding hydrogens is 845 g/mol. The molecule has 64 heavy (non-hydrogen) atoms. The van der Waals surface area contributed by atoms with Crippen LogP contribution in [0.3, 0.4) is 0 Å². The maximum atomic E-state index is 13.6. The van der Waals surface area contributed by atoms with Gasteiger partial charge in [0.15, 0.2) is 0 Å². The summed E-state index contributed by atoms with van der Waals surface area (Å²) in [7, 11) is 0. The molecule has 4 aromatic carbocycles. The highest BCUT2D eigenvalue weighted by molar-refractivity contribution is 7.99. The highest BCUT2D eigenvalue weighted by Crippen LogP contribution is 2.13. The van der Waals surface area contributed by atoms with Crippen LogP contribution in [0.4, 0.5) is 9.59 Å². The van der Waals surface area contributed by atoms with Crippen LogP contribution in [0.2, 0.25) is 0 Å². The zero-order chi connectivity index (χ0) is 46.2. The van der Waals surface area contributed by atoms with Gasteiger partial charge in [0.25, 0.3) is 0 Å². The summed E-state index contributed by atoms with van der Waals surface area (Å²) in [6.07, 6.45) is -2.40. The molecule has 0 radical (unpaired) electrons. The summed E-state index contributed by atoms with van der Waals surface area (Å²) < 4.78 is 26.9. The van der Waals surface area contributed by atoms with Crippen molar-refractivity contribution in [2.75, 3.05) is 18.1 Å². The molecule has 4 N–H and O–H groups in total. The minimum Gasteiger partial charge on any atom is -0.460 e. The van der Waals surface area contributed by atoms with Crippen LogP contribution in [0, 0.1) is 0 Å². The van der Waals surface area contributed by atoms with Crippen molar-refractivity contribution >= 4 is 53.7 Å². The Morgan fingerprint density at radius 1 is 0.516 bits per heavy atom. The van der Waals surface area contributed by atoms with Crippen molar-refractivity contribution in [3.05, 3.63) is 144 Å². The van der Waals surface area contributed by atoms with Crippen LogP contribution in [-0.4, -0.2) is 83.7 Å². The molecule has 0 heterocycles. The Morgan fingerprint density at radius 3 is 1.42 bits per heavy atom. The molecule has 0 aliphatic rings. The van der Waals surface area contributed by atoms with Gasteiger partial charge >= 0.3 is 30.1 Å². The average Bonchev–Trinajstić information content (AvgIpc) is 3.29. The first kappa shape index (κ1) is 49.8. The molecule has 0 bridgehead atoms. The number of alkyl carbamates (subject to hydrolysis) is 2. The van der Waals surface area contributed by atoms with E-state index in [0.29, 0.717) is 11.1 Å². The number of carbonyl (C=O) groups is 7. The second kappa shape index (κ2) is 26.6. The van der Waals surface area contributed by atoms with Crippen molar-refractivity contribution in [2.24, 2.45) is 0 Å². The summed E-state index contributed by atoms with van der Waals surface area (Å²) in [4.78, 5) is 91.9. The lowest BCUT2D eigenvalue weighted by Crippen LogP contribution is -2.50. The highest BCUT2D eigenvalue weighted by atomic mass is 32.2. The molecule has 0 spiro atoms. The monoisotopic (exact) mass is 898 g/mol. The quantitative estimate of drug-likeness (QED) is 0.0534. The molecule has 4 amide bonds. The van der Waals surface area contributed by atoms with Gasteiger partial charge in [-0.15, -0.1) is 0 Å². The third-order valence-electron chi connectivity index (χ3n) is 8.74. The molecule has 0 aliphatic heterocycles. The summed E-state index contributed by atoms with van der Waals surface area (Å²) >= 11 is 1.02. The van der Waals surface area contributed by atoms with E-state index in [1.54, 1.807) is 124 Å². The smallest absolute Gasteiger partial charge is 0.408 e. The van der Waals surface area contributed by atoms with Crippen molar-refractivity contribution in [2.45, 2.75) is 83.8 Å². The van der Waals surface area contributed by atoms with Gasteiger partial charge in [0.2, 0.25) is 11.8 Å². The third-order valence-corrected chi connectivity index (χ3v) is 9.88. The number of thioether (sulfide) groups is 1. The van der Waals surface area contributed by atoms with Gasteiger partial charge < -0.3 is 45.0 Å². The largest absolute Gasteiger partial charge is 0.460 e. The van der Waals surface area contributed by atoms with Gasteiger partial charge in [-0.1, -0.05) is 121 Å². The predicted molar refractivity (Wildman–Crippen MR) is 237 cm³/mol. The fourth-order valence-corrected chi connectivity index (χ4v) is 6.59. The SMILES string of the molecule is CC(C)(C)OC(=O)N[C@H](CCC(=O)N[C@H](CSC[C@H](NC(=O)OCc1ccccc1)C(=O)OCc1ccccc1)C(=O)NCC(=O)OCc1ccccc1)C(=O)OCc1ccccc1. The number of amides is 4. The first-order chi connectivity index (χ1) is 30.7. The second-order valence-corrected chi connectivity index (χ2v) is 16.3. The van der Waals surface area contributed by atoms with Crippen LogP contribution >= 0.6 is 11.8 Å². The third kappa shape index (κ3) is 19.9. The number of carbonyl (C=O) groups excluding carboxylic acids is 7. The van der Waals surface area contributed by atoms with Gasteiger partial charge in [-0.05, 0) is 49.4 Å². The molecule has 0 aliphatic carbocycles. The summed E-state index contributed by atoms with van der Waals surface area (Å²) in [6.45, 7) is 4.17. The lowest BCUT2D eigenvalue weighted by atomic mass is 10.1. The first-order valence-corrected chi connectivity index (χ1v) is 21.6. The summed E-state index contributed by atoms with van der Waals surface area (Å²) in [5, 5.41) is 10.1. The summed E-state index contributed by atoms with van der Waals surface area (Å²) in [6, 6.07) is 31.8. The molecule has 0 unspecified atom stereocenters. The minimum atomic E-state index is -1.30. The van der Waals surface area contributed by atoms with Crippen LogP contribution < -0.4 is 21.3 Å². The Hall–Kier alpha value is -6.88. The molecule has 3 atom stereocenters. The van der Waals surface area contributed by atoms with Crippen molar-refractivity contribution in [3.63, 3.8) is 0 Å². The average molecular weight is 899 g/mol. The topological polar surface area (TPSA) is 214 Å². The van der Waals surface area contributed by atoms with E-state index in [4.69, 9.17) is 23.7 Å². The molecule has 0 saturated carbocycles. The number of ether oxygens (including phenoxy) is 5. The van der Waals surface area contributed by atoms with Crippen molar-refractivity contribution < 1.29 is 57.2 Å². The van der Waals surface area contributed by atoms with E-state index in [-0.39, 0.29) is 50.8 Å². The Bertz CT molecular complexity index is 2110. The van der Waals surface area contributed by atoms with Crippen LogP contribution in [0.25, 0.3) is 0 Å². The van der Waals surface area contributed by atoms with Crippen LogP contribution in [0.1, 0.15) is 55.9 Å².